The van der Waals surface area contributed by atoms with Gasteiger partial charge in [0, 0.05) is 17.2 Å². The number of halogens is 2. The third-order valence-corrected chi connectivity index (χ3v) is 5.43. The summed E-state index contributed by atoms with van der Waals surface area (Å²) in [7, 11) is 0. The first-order valence-electron chi connectivity index (χ1n) is 10.6. The van der Waals surface area contributed by atoms with Gasteiger partial charge in [0.2, 0.25) is 6.79 Å². The summed E-state index contributed by atoms with van der Waals surface area (Å²) in [6.07, 6.45) is 1.78. The smallest absolute Gasteiger partial charge is 0.421 e. The van der Waals surface area contributed by atoms with Crippen LogP contribution in [-0.2, 0) is 14.3 Å². The number of rotatable bonds is 7. The van der Waals surface area contributed by atoms with E-state index in [2.05, 4.69) is 0 Å². The minimum atomic E-state index is -0.887. The minimum Gasteiger partial charge on any atom is -0.425 e. The van der Waals surface area contributed by atoms with Crippen LogP contribution in [0, 0.1) is 19.7 Å². The summed E-state index contributed by atoms with van der Waals surface area (Å²) in [5.74, 6) is -1.41. The van der Waals surface area contributed by atoms with E-state index < -0.39 is 24.7 Å². The number of nitrogens with zero attached hydrogens (tertiary/aromatic N) is 1. The zero-order valence-electron chi connectivity index (χ0n) is 19.4. The molecule has 35 heavy (non-hydrogen) atoms. The number of ether oxygens (including phenoxy) is 2. The Bertz CT molecular complexity index is 1300. The lowest BCUT2D eigenvalue weighted by Crippen LogP contribution is -2.28. The Hall–Kier alpha value is -3.97. The molecule has 180 valence electrons. The number of hydrogen-bond acceptors (Lipinski definition) is 5. The van der Waals surface area contributed by atoms with Crippen molar-refractivity contribution in [3.8, 4) is 0 Å². The molecule has 1 amide bonds. The average Bonchev–Trinajstić information content (AvgIpc) is 2.81. The van der Waals surface area contributed by atoms with Crippen LogP contribution in [0.25, 0.3) is 0 Å². The summed E-state index contributed by atoms with van der Waals surface area (Å²) in [5, 5.41) is 0.118. The normalized spacial score (nSPS) is 10.8. The van der Waals surface area contributed by atoms with Crippen LogP contribution in [0.5, 0.6) is 0 Å². The van der Waals surface area contributed by atoms with Gasteiger partial charge in [-0.2, -0.15) is 0 Å². The number of carbonyl (C=O) groups excluding carboxylic acids is 3. The van der Waals surface area contributed by atoms with E-state index in [4.69, 9.17) is 21.1 Å². The Kier molecular flexibility index (Phi) is 8.39. The lowest BCUT2D eigenvalue weighted by atomic mass is 9.99. The molecule has 0 saturated carbocycles. The fourth-order valence-corrected chi connectivity index (χ4v) is 3.66. The third kappa shape index (κ3) is 6.13. The third-order valence-electron chi connectivity index (χ3n) is 5.11. The van der Waals surface area contributed by atoms with Crippen LogP contribution in [0.2, 0.25) is 5.02 Å². The molecule has 0 radical (unpaired) electrons. The Morgan fingerprint density at radius 1 is 0.943 bits per heavy atom. The van der Waals surface area contributed by atoms with Crippen LogP contribution in [-0.4, -0.2) is 24.6 Å². The number of carbonyl (C=O) groups is 3. The van der Waals surface area contributed by atoms with E-state index in [0.717, 1.165) is 10.5 Å². The van der Waals surface area contributed by atoms with E-state index in [1.54, 1.807) is 26.0 Å². The molecular weight excluding hydrogens is 473 g/mol. The van der Waals surface area contributed by atoms with Gasteiger partial charge in [-0.3, -0.25) is 4.79 Å². The van der Waals surface area contributed by atoms with Gasteiger partial charge in [-0.25, -0.2) is 18.9 Å². The van der Waals surface area contributed by atoms with Crippen molar-refractivity contribution in [3.63, 3.8) is 0 Å². The number of benzene rings is 3. The number of aryl methyl sites for hydroxylation is 2. The molecule has 8 heteroatoms. The van der Waals surface area contributed by atoms with Gasteiger partial charge in [0.05, 0.1) is 16.4 Å². The second kappa shape index (κ2) is 11.4. The summed E-state index contributed by atoms with van der Waals surface area (Å²) in [6, 6.07) is 15.5. The maximum atomic E-state index is 13.7. The van der Waals surface area contributed by atoms with Gasteiger partial charge in [0.25, 0.3) is 0 Å². The summed E-state index contributed by atoms with van der Waals surface area (Å²) in [6.45, 7) is 4.47. The molecular formula is C27H23ClFNO5. The van der Waals surface area contributed by atoms with Crippen LogP contribution in [0.4, 0.5) is 20.6 Å². The Balaban J connectivity index is 1.96. The first-order chi connectivity index (χ1) is 16.7. The number of allylic oxidation sites excluding steroid dienone is 1. The summed E-state index contributed by atoms with van der Waals surface area (Å²) in [4.78, 5) is 38.7. The molecule has 0 saturated heterocycles. The Morgan fingerprint density at radius 3 is 2.34 bits per heavy atom. The van der Waals surface area contributed by atoms with Gasteiger partial charge >= 0.3 is 12.1 Å². The molecule has 0 aliphatic rings. The average molecular weight is 496 g/mol. The summed E-state index contributed by atoms with van der Waals surface area (Å²) < 4.78 is 23.7. The van der Waals surface area contributed by atoms with Crippen molar-refractivity contribution in [1.29, 1.82) is 0 Å². The first kappa shape index (κ1) is 25.6. The Morgan fingerprint density at radius 2 is 1.69 bits per heavy atom. The fraction of sp³-hybridized carbons (Fsp3) is 0.148. The van der Waals surface area contributed by atoms with Crippen molar-refractivity contribution in [2.24, 2.45) is 0 Å². The van der Waals surface area contributed by atoms with Crippen molar-refractivity contribution < 1.29 is 28.2 Å². The second-order valence-electron chi connectivity index (χ2n) is 7.57. The van der Waals surface area contributed by atoms with E-state index in [9.17, 15) is 18.8 Å². The van der Waals surface area contributed by atoms with Crippen molar-refractivity contribution in [3.05, 3.63) is 106 Å². The maximum absolute atomic E-state index is 13.7. The molecule has 3 aromatic carbocycles. The molecule has 0 aromatic heterocycles. The van der Waals surface area contributed by atoms with Gasteiger partial charge in [-0.15, -0.1) is 0 Å². The van der Waals surface area contributed by atoms with E-state index >= 15 is 0 Å². The number of hydrogen-bond donors (Lipinski definition) is 0. The zero-order valence-corrected chi connectivity index (χ0v) is 20.1. The number of amides is 1. The van der Waals surface area contributed by atoms with E-state index in [1.807, 2.05) is 19.1 Å². The van der Waals surface area contributed by atoms with Crippen LogP contribution >= 0.6 is 11.6 Å². The fourth-order valence-electron chi connectivity index (χ4n) is 3.40. The zero-order chi connectivity index (χ0) is 25.5. The van der Waals surface area contributed by atoms with E-state index in [0.29, 0.717) is 16.8 Å². The monoisotopic (exact) mass is 495 g/mol. The SMILES string of the molecule is C/C=C/C(=O)OCOC(=O)N(c1ccc(C(=O)c2ccccc2C)c(Cl)c1)c1ccc(F)cc1C. The number of ketones is 1. The van der Waals surface area contributed by atoms with Crippen LogP contribution in [0.1, 0.15) is 34.0 Å². The predicted octanol–water partition coefficient (Wildman–Crippen LogP) is 6.68. The van der Waals surface area contributed by atoms with Crippen molar-refractivity contribution in [2.45, 2.75) is 20.8 Å². The van der Waals surface area contributed by atoms with Gasteiger partial charge < -0.3 is 9.47 Å². The number of anilines is 2. The summed E-state index contributed by atoms with van der Waals surface area (Å²) in [5.41, 5.74) is 2.62. The quantitative estimate of drug-likeness (QED) is 0.158. The molecule has 0 heterocycles. The molecule has 3 aromatic rings. The highest BCUT2D eigenvalue weighted by Crippen LogP contribution is 2.33. The highest BCUT2D eigenvalue weighted by Gasteiger charge is 2.24. The molecule has 0 bridgehead atoms. The van der Waals surface area contributed by atoms with Crippen LogP contribution in [0.3, 0.4) is 0 Å². The molecule has 0 unspecified atom stereocenters. The van der Waals surface area contributed by atoms with Gasteiger partial charge in [-0.1, -0.05) is 41.9 Å². The summed E-state index contributed by atoms with van der Waals surface area (Å²) >= 11 is 6.47. The first-order valence-corrected chi connectivity index (χ1v) is 11.0. The van der Waals surface area contributed by atoms with Crippen LogP contribution < -0.4 is 4.90 Å². The van der Waals surface area contributed by atoms with Gasteiger partial charge in [0.1, 0.15) is 5.82 Å². The molecule has 0 spiro atoms. The topological polar surface area (TPSA) is 72.9 Å². The second-order valence-corrected chi connectivity index (χ2v) is 7.97. The largest absolute Gasteiger partial charge is 0.425 e. The standard InChI is InChI=1S/C27H23ClFNO5/c1-4-7-25(31)34-16-35-27(33)30(24-13-10-19(29)14-18(24)3)20-11-12-22(23(28)15-20)26(32)21-9-6-5-8-17(21)2/h4-15H,16H2,1-3H3/b7-4+. The Labute approximate surface area is 207 Å². The molecule has 6 nitrogen and oxygen atoms in total. The molecule has 0 atom stereocenters. The van der Waals surface area contributed by atoms with E-state index in [1.165, 1.54) is 48.6 Å². The predicted molar refractivity (Wildman–Crippen MR) is 132 cm³/mol. The lowest BCUT2D eigenvalue weighted by molar-refractivity contribution is -0.145. The van der Waals surface area contributed by atoms with Gasteiger partial charge in [0.15, 0.2) is 5.78 Å². The maximum Gasteiger partial charge on any atom is 0.421 e. The molecule has 3 rings (SSSR count). The van der Waals surface area contributed by atoms with Crippen molar-refractivity contribution >= 4 is 40.8 Å². The number of esters is 1. The highest BCUT2D eigenvalue weighted by atomic mass is 35.5. The van der Waals surface area contributed by atoms with Crippen molar-refractivity contribution in [2.75, 3.05) is 11.7 Å². The van der Waals surface area contributed by atoms with E-state index in [-0.39, 0.29) is 22.1 Å². The lowest BCUT2D eigenvalue weighted by Gasteiger charge is -2.24. The minimum absolute atomic E-state index is 0.118. The molecule has 0 aliphatic carbocycles. The molecule has 0 N–H and O–H groups in total. The highest BCUT2D eigenvalue weighted by molar-refractivity contribution is 6.35. The molecule has 0 aliphatic heterocycles. The van der Waals surface area contributed by atoms with Crippen molar-refractivity contribution in [1.82, 2.24) is 0 Å². The molecule has 0 fully saturated rings. The van der Waals surface area contributed by atoms with Crippen LogP contribution in [0.15, 0.2) is 72.8 Å². The van der Waals surface area contributed by atoms with Gasteiger partial charge in [-0.05, 0) is 68.3 Å².